The summed E-state index contributed by atoms with van der Waals surface area (Å²) in [6.07, 6.45) is 2.41. The molecule has 0 bridgehead atoms. The maximum absolute atomic E-state index is 13.6. The molecule has 0 aliphatic heterocycles. The van der Waals surface area contributed by atoms with E-state index >= 15 is 0 Å². The van der Waals surface area contributed by atoms with E-state index in [0.29, 0.717) is 29.1 Å². The van der Waals surface area contributed by atoms with Crippen LogP contribution in [0.5, 0.6) is 11.5 Å². The maximum atomic E-state index is 13.6. The molecule has 1 saturated carbocycles. The zero-order valence-electron chi connectivity index (χ0n) is 10.9. The first-order valence-corrected chi connectivity index (χ1v) is 7.04. The highest BCUT2D eigenvalue weighted by Gasteiger charge is 2.20. The van der Waals surface area contributed by atoms with Gasteiger partial charge in [0.05, 0.1) is 5.02 Å². The van der Waals surface area contributed by atoms with Crippen molar-refractivity contribution in [3.63, 3.8) is 0 Å². The monoisotopic (exact) mass is 291 g/mol. The molecule has 0 saturated heterocycles. The minimum absolute atomic E-state index is 0.304. The van der Waals surface area contributed by atoms with E-state index in [1.54, 1.807) is 12.1 Å². The Hall–Kier alpha value is -1.58. The summed E-state index contributed by atoms with van der Waals surface area (Å²) >= 11 is 6.03. The summed E-state index contributed by atoms with van der Waals surface area (Å²) in [6, 6.07) is 12.5. The van der Waals surface area contributed by atoms with Crippen LogP contribution in [0, 0.1) is 5.82 Å². The Bertz CT molecular complexity index is 613. The molecule has 1 aliphatic rings. The quantitative estimate of drug-likeness (QED) is 0.874. The number of benzene rings is 2. The molecule has 1 fully saturated rings. The van der Waals surface area contributed by atoms with E-state index in [9.17, 15) is 4.39 Å². The molecule has 0 atom stereocenters. The van der Waals surface area contributed by atoms with Crippen LogP contribution in [0.15, 0.2) is 42.5 Å². The van der Waals surface area contributed by atoms with Gasteiger partial charge < -0.3 is 10.1 Å². The summed E-state index contributed by atoms with van der Waals surface area (Å²) in [5, 5.41) is 3.86. The normalized spacial score (nSPS) is 14.3. The van der Waals surface area contributed by atoms with Gasteiger partial charge in [-0.2, -0.15) is 0 Å². The van der Waals surface area contributed by atoms with Crippen LogP contribution in [-0.2, 0) is 6.54 Å². The summed E-state index contributed by atoms with van der Waals surface area (Å²) in [5.74, 6) is 0.689. The Kier molecular flexibility index (Phi) is 3.90. The third kappa shape index (κ3) is 3.50. The fourth-order valence-corrected chi connectivity index (χ4v) is 2.16. The fraction of sp³-hybridized carbons (Fsp3) is 0.250. The highest BCUT2D eigenvalue weighted by atomic mass is 35.5. The summed E-state index contributed by atoms with van der Waals surface area (Å²) in [7, 11) is 0. The van der Waals surface area contributed by atoms with Gasteiger partial charge in [-0.05, 0) is 42.7 Å². The van der Waals surface area contributed by atoms with Gasteiger partial charge in [0, 0.05) is 18.7 Å². The van der Waals surface area contributed by atoms with Gasteiger partial charge in [-0.25, -0.2) is 4.39 Å². The zero-order chi connectivity index (χ0) is 13.9. The van der Waals surface area contributed by atoms with Gasteiger partial charge in [0.25, 0.3) is 0 Å². The molecule has 20 heavy (non-hydrogen) atoms. The van der Waals surface area contributed by atoms with E-state index in [2.05, 4.69) is 5.32 Å². The number of nitrogens with one attached hydrogen (secondary N) is 1. The van der Waals surface area contributed by atoms with E-state index in [1.165, 1.54) is 25.0 Å². The molecule has 3 rings (SSSR count). The number of hydrogen-bond donors (Lipinski definition) is 1. The minimum Gasteiger partial charge on any atom is -0.456 e. The predicted molar refractivity (Wildman–Crippen MR) is 77.8 cm³/mol. The van der Waals surface area contributed by atoms with Crippen LogP contribution in [0.3, 0.4) is 0 Å². The van der Waals surface area contributed by atoms with Crippen LogP contribution in [-0.4, -0.2) is 6.04 Å². The molecular weight excluding hydrogens is 277 g/mol. The first-order valence-electron chi connectivity index (χ1n) is 6.66. The molecule has 0 radical (unpaired) electrons. The standard InChI is InChI=1S/C16H15ClFNO/c17-15-3-1-2-4-16(15)20-14-8-11(7-12(18)9-14)10-19-13-5-6-13/h1-4,7-9,13,19H,5-6,10H2. The number of rotatable bonds is 5. The van der Waals surface area contributed by atoms with Crippen LogP contribution < -0.4 is 10.1 Å². The van der Waals surface area contributed by atoms with Crippen molar-refractivity contribution in [3.05, 3.63) is 58.9 Å². The van der Waals surface area contributed by atoms with Crippen LogP contribution in [0.1, 0.15) is 18.4 Å². The maximum Gasteiger partial charge on any atom is 0.146 e. The number of hydrogen-bond acceptors (Lipinski definition) is 2. The van der Waals surface area contributed by atoms with E-state index in [4.69, 9.17) is 16.3 Å². The molecule has 0 spiro atoms. The first-order chi connectivity index (χ1) is 9.70. The lowest BCUT2D eigenvalue weighted by Crippen LogP contribution is -2.15. The lowest BCUT2D eigenvalue weighted by molar-refractivity contribution is 0.475. The van der Waals surface area contributed by atoms with Crippen molar-refractivity contribution in [1.82, 2.24) is 5.32 Å². The topological polar surface area (TPSA) is 21.3 Å². The Morgan fingerprint density at radius 1 is 1.20 bits per heavy atom. The number of halogens is 2. The highest BCUT2D eigenvalue weighted by Crippen LogP contribution is 2.30. The van der Waals surface area contributed by atoms with E-state index in [0.717, 1.165) is 5.56 Å². The molecule has 4 heteroatoms. The number of ether oxygens (including phenoxy) is 1. The average Bonchev–Trinajstić information content (AvgIpc) is 3.23. The lowest BCUT2D eigenvalue weighted by Gasteiger charge is -2.10. The van der Waals surface area contributed by atoms with Crippen LogP contribution in [0.4, 0.5) is 4.39 Å². The second kappa shape index (κ2) is 5.81. The zero-order valence-corrected chi connectivity index (χ0v) is 11.7. The van der Waals surface area contributed by atoms with Crippen LogP contribution in [0.2, 0.25) is 5.02 Å². The van der Waals surface area contributed by atoms with Gasteiger partial charge in [0.1, 0.15) is 17.3 Å². The first kappa shape index (κ1) is 13.4. The second-order valence-corrected chi connectivity index (χ2v) is 5.39. The van der Waals surface area contributed by atoms with Crippen molar-refractivity contribution in [2.24, 2.45) is 0 Å². The summed E-state index contributed by atoms with van der Waals surface area (Å²) in [5.41, 5.74) is 0.874. The van der Waals surface area contributed by atoms with Crippen molar-refractivity contribution in [2.45, 2.75) is 25.4 Å². The third-order valence-corrected chi connectivity index (χ3v) is 3.48. The Labute approximate surface area is 122 Å². The van der Waals surface area contributed by atoms with Gasteiger partial charge >= 0.3 is 0 Å². The van der Waals surface area contributed by atoms with E-state index < -0.39 is 0 Å². The van der Waals surface area contributed by atoms with Crippen molar-refractivity contribution in [1.29, 1.82) is 0 Å². The fourth-order valence-electron chi connectivity index (χ4n) is 1.99. The Morgan fingerprint density at radius 3 is 2.75 bits per heavy atom. The van der Waals surface area contributed by atoms with Gasteiger partial charge in [-0.1, -0.05) is 23.7 Å². The van der Waals surface area contributed by atoms with Crippen LogP contribution in [0.25, 0.3) is 0 Å². The number of para-hydroxylation sites is 1. The van der Waals surface area contributed by atoms with Gasteiger partial charge in [-0.15, -0.1) is 0 Å². The Morgan fingerprint density at radius 2 is 2.00 bits per heavy atom. The predicted octanol–water partition coefficient (Wildman–Crippen LogP) is 4.52. The lowest BCUT2D eigenvalue weighted by atomic mass is 10.2. The van der Waals surface area contributed by atoms with E-state index in [-0.39, 0.29) is 5.82 Å². The van der Waals surface area contributed by atoms with Gasteiger partial charge in [-0.3, -0.25) is 0 Å². The highest BCUT2D eigenvalue weighted by molar-refractivity contribution is 6.32. The van der Waals surface area contributed by atoms with Crippen molar-refractivity contribution in [2.75, 3.05) is 0 Å². The smallest absolute Gasteiger partial charge is 0.146 e. The van der Waals surface area contributed by atoms with Crippen LogP contribution >= 0.6 is 11.6 Å². The molecule has 2 aromatic rings. The van der Waals surface area contributed by atoms with Crippen molar-refractivity contribution < 1.29 is 9.13 Å². The molecule has 0 amide bonds. The summed E-state index contributed by atoms with van der Waals surface area (Å²) < 4.78 is 19.3. The van der Waals surface area contributed by atoms with Crippen molar-refractivity contribution >= 4 is 11.6 Å². The Balaban J connectivity index is 1.76. The summed E-state index contributed by atoms with van der Waals surface area (Å²) in [4.78, 5) is 0. The molecule has 2 nitrogen and oxygen atoms in total. The second-order valence-electron chi connectivity index (χ2n) is 4.98. The molecule has 1 N–H and O–H groups in total. The third-order valence-electron chi connectivity index (χ3n) is 3.17. The molecule has 0 aromatic heterocycles. The molecular formula is C16H15ClFNO. The molecule has 2 aromatic carbocycles. The molecule has 0 heterocycles. The minimum atomic E-state index is -0.304. The molecule has 1 aliphatic carbocycles. The summed E-state index contributed by atoms with van der Waals surface area (Å²) in [6.45, 7) is 0.654. The molecule has 0 unspecified atom stereocenters. The molecule has 104 valence electrons. The van der Waals surface area contributed by atoms with E-state index in [1.807, 2.05) is 18.2 Å². The SMILES string of the molecule is Fc1cc(CNC2CC2)cc(Oc2ccccc2Cl)c1. The largest absolute Gasteiger partial charge is 0.456 e. The van der Waals surface area contributed by atoms with Gasteiger partial charge in [0.2, 0.25) is 0 Å². The van der Waals surface area contributed by atoms with Crippen molar-refractivity contribution in [3.8, 4) is 11.5 Å². The van der Waals surface area contributed by atoms with Gasteiger partial charge in [0.15, 0.2) is 0 Å². The average molecular weight is 292 g/mol.